The van der Waals surface area contributed by atoms with E-state index in [0.717, 1.165) is 51.4 Å². The average Bonchev–Trinajstić information content (AvgIpc) is 3.30. The molecule has 0 aromatic carbocycles. The maximum atomic E-state index is 11.9. The Kier molecular flexibility index (Phi) is 5.80. The predicted octanol–water partition coefficient (Wildman–Crippen LogP) is 4.68. The van der Waals surface area contributed by atoms with E-state index in [1.807, 2.05) is 13.8 Å². The molecule has 4 N–H and O–H groups in total. The van der Waals surface area contributed by atoms with Crippen LogP contribution in [0.4, 0.5) is 0 Å². The van der Waals surface area contributed by atoms with E-state index >= 15 is 0 Å². The van der Waals surface area contributed by atoms with Gasteiger partial charge in [-0.2, -0.15) is 0 Å². The second-order valence-corrected chi connectivity index (χ2v) is 15.6. The normalized spacial score (nSPS) is 57.9. The van der Waals surface area contributed by atoms with E-state index in [4.69, 9.17) is 4.74 Å². The van der Waals surface area contributed by atoms with Crippen LogP contribution >= 0.6 is 0 Å². The fourth-order valence-electron chi connectivity index (χ4n) is 11.3. The Morgan fingerprint density at radius 2 is 1.46 bits per heavy atom. The second kappa shape index (κ2) is 7.68. The Morgan fingerprint density at radius 1 is 0.800 bits per heavy atom. The monoisotopic (exact) mass is 492 g/mol. The van der Waals surface area contributed by atoms with Gasteiger partial charge in [0.25, 0.3) is 0 Å². The molecule has 1 saturated heterocycles. The topological polar surface area (TPSA) is 90.2 Å². The summed E-state index contributed by atoms with van der Waals surface area (Å²) in [5.74, 6) is 0.722. The zero-order valence-electron chi connectivity index (χ0n) is 23.5. The van der Waals surface area contributed by atoms with Crippen molar-refractivity contribution in [3.63, 3.8) is 0 Å². The van der Waals surface area contributed by atoms with Crippen LogP contribution in [0.1, 0.15) is 107 Å². The molecule has 0 amide bonds. The molecule has 0 bridgehead atoms. The maximum Gasteiger partial charge on any atom is 0.0865 e. The van der Waals surface area contributed by atoms with Crippen LogP contribution in [0.15, 0.2) is 0 Å². The lowest BCUT2D eigenvalue weighted by Crippen LogP contribution is -2.69. The van der Waals surface area contributed by atoms with Gasteiger partial charge in [0.05, 0.1) is 35.6 Å². The SMILES string of the molecule is CC(C)(O)C1CC[C@@](C)([C@H]2CC[C@]3(C)[C@@H]2[C@H](O)C[C@@H]2[C@@]4(C)CC[C@H](O)C(C)(C)[C@@H]4[C@@H](O)C[C@]23C)O1. The highest BCUT2D eigenvalue weighted by Crippen LogP contribution is 2.76. The fraction of sp³-hybridized carbons (Fsp3) is 1.00. The van der Waals surface area contributed by atoms with E-state index in [2.05, 4.69) is 41.5 Å². The van der Waals surface area contributed by atoms with Crippen molar-refractivity contribution >= 4 is 0 Å². The number of aliphatic hydroxyl groups is 4. The minimum Gasteiger partial charge on any atom is -0.393 e. The number of hydrogen-bond acceptors (Lipinski definition) is 5. The third-order valence-corrected chi connectivity index (χ3v) is 13.1. The first kappa shape index (κ1) is 26.4. The summed E-state index contributed by atoms with van der Waals surface area (Å²) in [6.07, 6.45) is 5.61. The number of ether oxygens (including phenoxy) is 1. The van der Waals surface area contributed by atoms with Crippen LogP contribution in [-0.2, 0) is 4.74 Å². The summed E-state index contributed by atoms with van der Waals surface area (Å²) in [4.78, 5) is 0. The van der Waals surface area contributed by atoms with Gasteiger partial charge < -0.3 is 25.2 Å². The molecule has 202 valence electrons. The zero-order valence-corrected chi connectivity index (χ0v) is 23.5. The smallest absolute Gasteiger partial charge is 0.0865 e. The van der Waals surface area contributed by atoms with Gasteiger partial charge >= 0.3 is 0 Å². The number of aliphatic hydroxyl groups excluding tert-OH is 3. The number of fused-ring (bicyclic) bond motifs is 5. The highest BCUT2D eigenvalue weighted by Gasteiger charge is 2.73. The summed E-state index contributed by atoms with van der Waals surface area (Å²) in [5.41, 5.74) is -1.83. The third kappa shape index (κ3) is 3.36. The van der Waals surface area contributed by atoms with E-state index in [1.54, 1.807) is 0 Å². The van der Waals surface area contributed by atoms with Gasteiger partial charge in [0.1, 0.15) is 0 Å². The fourth-order valence-corrected chi connectivity index (χ4v) is 11.3. The molecule has 1 aliphatic heterocycles. The van der Waals surface area contributed by atoms with Gasteiger partial charge in [-0.1, -0.05) is 34.6 Å². The summed E-state index contributed by atoms with van der Waals surface area (Å²) < 4.78 is 6.64. The number of hydrogen-bond donors (Lipinski definition) is 4. The summed E-state index contributed by atoms with van der Waals surface area (Å²) in [6, 6.07) is 0. The lowest BCUT2D eigenvalue weighted by Gasteiger charge is -2.71. The molecule has 35 heavy (non-hydrogen) atoms. The minimum atomic E-state index is -0.864. The second-order valence-electron chi connectivity index (χ2n) is 15.6. The molecule has 0 radical (unpaired) electrons. The highest BCUT2D eigenvalue weighted by molar-refractivity contribution is 5.22. The van der Waals surface area contributed by atoms with Crippen LogP contribution in [-0.4, -0.2) is 56.0 Å². The molecule has 5 fully saturated rings. The van der Waals surface area contributed by atoms with Crippen LogP contribution in [0.25, 0.3) is 0 Å². The van der Waals surface area contributed by atoms with E-state index < -0.39 is 23.9 Å². The third-order valence-electron chi connectivity index (χ3n) is 13.1. The van der Waals surface area contributed by atoms with Gasteiger partial charge in [0.2, 0.25) is 0 Å². The van der Waals surface area contributed by atoms with Crippen molar-refractivity contribution in [2.75, 3.05) is 0 Å². The van der Waals surface area contributed by atoms with E-state index in [0.29, 0.717) is 5.92 Å². The van der Waals surface area contributed by atoms with Gasteiger partial charge in [-0.3, -0.25) is 0 Å². The molecule has 1 unspecified atom stereocenters. The Bertz CT molecular complexity index is 850. The summed E-state index contributed by atoms with van der Waals surface area (Å²) in [5, 5.41) is 45.2. The van der Waals surface area contributed by atoms with Gasteiger partial charge in [-0.15, -0.1) is 0 Å². The van der Waals surface area contributed by atoms with Gasteiger partial charge in [0.15, 0.2) is 0 Å². The first-order chi connectivity index (χ1) is 15.9. The zero-order chi connectivity index (χ0) is 26.0. The van der Waals surface area contributed by atoms with Gasteiger partial charge in [-0.25, -0.2) is 0 Å². The summed E-state index contributed by atoms with van der Waals surface area (Å²) in [6.45, 7) is 17.3. The Labute approximate surface area is 213 Å². The average molecular weight is 493 g/mol. The Balaban J connectivity index is 1.51. The molecular formula is C30H52O5. The molecule has 0 spiro atoms. The molecule has 5 aliphatic rings. The van der Waals surface area contributed by atoms with Crippen molar-refractivity contribution in [2.45, 2.75) is 142 Å². The van der Waals surface area contributed by atoms with E-state index in [-0.39, 0.29) is 51.1 Å². The first-order valence-electron chi connectivity index (χ1n) is 14.4. The predicted molar refractivity (Wildman–Crippen MR) is 137 cm³/mol. The Hall–Kier alpha value is -0.200. The largest absolute Gasteiger partial charge is 0.393 e. The van der Waals surface area contributed by atoms with Gasteiger partial charge in [0, 0.05) is 0 Å². The van der Waals surface area contributed by atoms with Crippen molar-refractivity contribution in [1.82, 2.24) is 0 Å². The van der Waals surface area contributed by atoms with Crippen LogP contribution in [0.5, 0.6) is 0 Å². The molecule has 4 saturated carbocycles. The van der Waals surface area contributed by atoms with Crippen molar-refractivity contribution in [2.24, 2.45) is 45.3 Å². The summed E-state index contributed by atoms with van der Waals surface area (Å²) in [7, 11) is 0. The first-order valence-corrected chi connectivity index (χ1v) is 14.4. The Morgan fingerprint density at radius 3 is 2.06 bits per heavy atom. The standard InChI is InChI=1S/C30H52O5/c1-25(2)21(33)10-12-27(5)20-15-18(31)23-17(30(8)14-11-22(35-30)26(3,4)34)9-13-28(23,6)29(20,7)16-19(32)24(25)27/h17-24,31-34H,9-16H2,1-8H3/t17-,18+,19-,20+,21-,22?,23-,24-,27+,28+,29+,30-/m0/s1. The van der Waals surface area contributed by atoms with Crippen LogP contribution in [0, 0.1) is 45.3 Å². The molecule has 0 aromatic heterocycles. The minimum absolute atomic E-state index is 0.0320. The number of rotatable bonds is 2. The lowest BCUT2D eigenvalue weighted by molar-refractivity contribution is -0.275. The van der Waals surface area contributed by atoms with Gasteiger partial charge in [-0.05, 0) is 117 Å². The molecule has 12 atom stereocenters. The van der Waals surface area contributed by atoms with Crippen molar-refractivity contribution < 1.29 is 25.2 Å². The molecule has 1 heterocycles. The van der Waals surface area contributed by atoms with Crippen LogP contribution in [0.2, 0.25) is 0 Å². The molecule has 4 aliphatic carbocycles. The van der Waals surface area contributed by atoms with E-state index in [1.165, 1.54) is 0 Å². The maximum absolute atomic E-state index is 11.9. The highest BCUT2D eigenvalue weighted by atomic mass is 16.5. The lowest BCUT2D eigenvalue weighted by atomic mass is 9.34. The van der Waals surface area contributed by atoms with E-state index in [9.17, 15) is 20.4 Å². The van der Waals surface area contributed by atoms with Crippen molar-refractivity contribution in [3.8, 4) is 0 Å². The molecule has 5 heteroatoms. The van der Waals surface area contributed by atoms with Crippen LogP contribution < -0.4 is 0 Å². The van der Waals surface area contributed by atoms with Crippen molar-refractivity contribution in [3.05, 3.63) is 0 Å². The molecular weight excluding hydrogens is 440 g/mol. The molecule has 5 rings (SSSR count). The van der Waals surface area contributed by atoms with Crippen LogP contribution in [0.3, 0.4) is 0 Å². The summed E-state index contributed by atoms with van der Waals surface area (Å²) >= 11 is 0. The quantitative estimate of drug-likeness (QED) is 0.449. The molecule has 0 aromatic rings. The molecule has 5 nitrogen and oxygen atoms in total. The van der Waals surface area contributed by atoms with Crippen molar-refractivity contribution in [1.29, 1.82) is 0 Å².